The predicted molar refractivity (Wildman–Crippen MR) is 71.4 cm³/mol. The Morgan fingerprint density at radius 1 is 1.50 bits per heavy atom. The van der Waals surface area contributed by atoms with Crippen molar-refractivity contribution >= 4 is 22.4 Å². The SMILES string of the molecule is CCS(=O)CCNC(C)c1cccc(Cl)c1. The fraction of sp³-hybridized carbons (Fsp3) is 0.500. The standard InChI is InChI=1S/C12H18ClNOS/c1-3-16(15)8-7-14-10(2)11-5-4-6-12(13)9-11/h4-6,9-10,14H,3,7-8H2,1-2H3. The summed E-state index contributed by atoms with van der Waals surface area (Å²) in [5, 5.41) is 4.09. The maximum atomic E-state index is 11.2. The second kappa shape index (κ2) is 7.05. The highest BCUT2D eigenvalue weighted by Crippen LogP contribution is 2.16. The normalized spacial score (nSPS) is 14.7. The van der Waals surface area contributed by atoms with Crippen molar-refractivity contribution in [2.45, 2.75) is 19.9 Å². The van der Waals surface area contributed by atoms with Gasteiger partial charge in [0.15, 0.2) is 0 Å². The molecule has 0 aromatic heterocycles. The maximum Gasteiger partial charge on any atom is 0.0409 e. The van der Waals surface area contributed by atoms with E-state index in [1.54, 1.807) is 0 Å². The van der Waals surface area contributed by atoms with Crippen LogP contribution in [0.4, 0.5) is 0 Å². The van der Waals surface area contributed by atoms with Gasteiger partial charge in [0.25, 0.3) is 0 Å². The summed E-state index contributed by atoms with van der Waals surface area (Å²) >= 11 is 5.92. The fourth-order valence-electron chi connectivity index (χ4n) is 1.43. The van der Waals surface area contributed by atoms with E-state index in [4.69, 9.17) is 11.6 Å². The van der Waals surface area contributed by atoms with Crippen LogP contribution in [0.1, 0.15) is 25.5 Å². The first kappa shape index (κ1) is 13.7. The lowest BCUT2D eigenvalue weighted by Gasteiger charge is -2.14. The molecule has 2 unspecified atom stereocenters. The average Bonchev–Trinajstić information content (AvgIpc) is 2.28. The van der Waals surface area contributed by atoms with Crippen molar-refractivity contribution in [1.82, 2.24) is 5.32 Å². The Bertz CT molecular complexity index is 357. The highest BCUT2D eigenvalue weighted by Gasteiger charge is 2.05. The van der Waals surface area contributed by atoms with E-state index in [1.165, 1.54) is 0 Å². The van der Waals surface area contributed by atoms with Gasteiger partial charge in [0, 0.05) is 39.9 Å². The summed E-state index contributed by atoms with van der Waals surface area (Å²) in [7, 11) is -0.693. The number of hydrogen-bond acceptors (Lipinski definition) is 2. The van der Waals surface area contributed by atoms with Gasteiger partial charge in [-0.05, 0) is 24.6 Å². The summed E-state index contributed by atoms with van der Waals surface area (Å²) in [6.07, 6.45) is 0. The van der Waals surface area contributed by atoms with Gasteiger partial charge in [-0.25, -0.2) is 0 Å². The van der Waals surface area contributed by atoms with Crippen LogP contribution in [-0.4, -0.2) is 22.3 Å². The molecule has 0 aliphatic rings. The van der Waals surface area contributed by atoms with Crippen LogP contribution in [0.3, 0.4) is 0 Å². The smallest absolute Gasteiger partial charge is 0.0409 e. The molecule has 1 rings (SSSR count). The predicted octanol–water partition coefficient (Wildman–Crippen LogP) is 2.76. The molecule has 0 aliphatic carbocycles. The average molecular weight is 260 g/mol. The van der Waals surface area contributed by atoms with Crippen molar-refractivity contribution in [1.29, 1.82) is 0 Å². The second-order valence-corrected chi connectivity index (χ2v) is 5.97. The van der Waals surface area contributed by atoms with E-state index < -0.39 is 10.8 Å². The summed E-state index contributed by atoms with van der Waals surface area (Å²) in [6, 6.07) is 8.05. The Morgan fingerprint density at radius 2 is 2.25 bits per heavy atom. The van der Waals surface area contributed by atoms with E-state index >= 15 is 0 Å². The van der Waals surface area contributed by atoms with Crippen molar-refractivity contribution in [3.05, 3.63) is 34.9 Å². The fourth-order valence-corrected chi connectivity index (χ4v) is 2.26. The highest BCUT2D eigenvalue weighted by atomic mass is 35.5. The summed E-state index contributed by atoms with van der Waals surface area (Å²) < 4.78 is 11.2. The minimum atomic E-state index is -0.693. The topological polar surface area (TPSA) is 29.1 Å². The Labute approximate surface area is 105 Å². The molecule has 0 spiro atoms. The summed E-state index contributed by atoms with van der Waals surface area (Å²) in [6.45, 7) is 4.80. The van der Waals surface area contributed by atoms with Crippen molar-refractivity contribution in [3.8, 4) is 0 Å². The van der Waals surface area contributed by atoms with Crippen molar-refractivity contribution in [2.24, 2.45) is 0 Å². The van der Waals surface area contributed by atoms with Crippen LogP contribution < -0.4 is 5.32 Å². The summed E-state index contributed by atoms with van der Waals surface area (Å²) in [5.41, 5.74) is 1.16. The van der Waals surface area contributed by atoms with E-state index in [2.05, 4.69) is 12.2 Å². The van der Waals surface area contributed by atoms with Gasteiger partial charge in [0.05, 0.1) is 0 Å². The lowest BCUT2D eigenvalue weighted by atomic mass is 10.1. The molecular formula is C12H18ClNOS. The van der Waals surface area contributed by atoms with Gasteiger partial charge in [-0.3, -0.25) is 4.21 Å². The molecule has 90 valence electrons. The van der Waals surface area contributed by atoms with Crippen LogP contribution in [0.2, 0.25) is 5.02 Å². The van der Waals surface area contributed by atoms with E-state index in [1.807, 2.05) is 31.2 Å². The monoisotopic (exact) mass is 259 g/mol. The first-order chi connectivity index (χ1) is 7.63. The molecule has 2 nitrogen and oxygen atoms in total. The lowest BCUT2D eigenvalue weighted by molar-refractivity contribution is 0.596. The molecule has 1 aromatic carbocycles. The molecule has 1 N–H and O–H groups in total. The first-order valence-corrected chi connectivity index (χ1v) is 7.34. The van der Waals surface area contributed by atoms with Crippen molar-refractivity contribution in [2.75, 3.05) is 18.1 Å². The molecule has 0 heterocycles. The molecule has 1 aromatic rings. The van der Waals surface area contributed by atoms with Crippen LogP contribution in [0.15, 0.2) is 24.3 Å². The van der Waals surface area contributed by atoms with Crippen LogP contribution in [0, 0.1) is 0 Å². The molecule has 0 aliphatic heterocycles. The third-order valence-corrected chi connectivity index (χ3v) is 3.99. The quantitative estimate of drug-likeness (QED) is 0.851. The van der Waals surface area contributed by atoms with Gasteiger partial charge < -0.3 is 5.32 Å². The Balaban J connectivity index is 2.40. The van der Waals surface area contributed by atoms with Gasteiger partial charge >= 0.3 is 0 Å². The van der Waals surface area contributed by atoms with Gasteiger partial charge in [-0.2, -0.15) is 0 Å². The molecule has 0 saturated heterocycles. The molecular weight excluding hydrogens is 242 g/mol. The number of rotatable bonds is 6. The zero-order chi connectivity index (χ0) is 12.0. The molecule has 0 radical (unpaired) electrons. The number of nitrogens with one attached hydrogen (secondary N) is 1. The Kier molecular flexibility index (Phi) is 6.03. The number of benzene rings is 1. The van der Waals surface area contributed by atoms with E-state index in [0.717, 1.165) is 22.9 Å². The van der Waals surface area contributed by atoms with Gasteiger partial charge in [0.2, 0.25) is 0 Å². The first-order valence-electron chi connectivity index (χ1n) is 5.47. The van der Waals surface area contributed by atoms with Crippen molar-refractivity contribution < 1.29 is 4.21 Å². The third-order valence-electron chi connectivity index (χ3n) is 2.45. The third kappa shape index (κ3) is 4.64. The van der Waals surface area contributed by atoms with E-state index in [-0.39, 0.29) is 6.04 Å². The number of halogens is 1. The van der Waals surface area contributed by atoms with Gasteiger partial charge in [-0.1, -0.05) is 30.7 Å². The number of hydrogen-bond donors (Lipinski definition) is 1. The summed E-state index contributed by atoms with van der Waals surface area (Å²) in [5.74, 6) is 1.44. The zero-order valence-electron chi connectivity index (χ0n) is 9.70. The molecule has 0 fully saturated rings. The largest absolute Gasteiger partial charge is 0.309 e. The van der Waals surface area contributed by atoms with Crippen molar-refractivity contribution in [3.63, 3.8) is 0 Å². The second-order valence-electron chi connectivity index (χ2n) is 3.66. The molecule has 0 saturated carbocycles. The highest BCUT2D eigenvalue weighted by molar-refractivity contribution is 7.84. The summed E-state index contributed by atoms with van der Waals surface area (Å²) in [4.78, 5) is 0. The molecule has 2 atom stereocenters. The van der Waals surface area contributed by atoms with E-state index in [0.29, 0.717) is 5.75 Å². The maximum absolute atomic E-state index is 11.2. The van der Waals surface area contributed by atoms with Crippen LogP contribution >= 0.6 is 11.6 Å². The zero-order valence-corrected chi connectivity index (χ0v) is 11.3. The lowest BCUT2D eigenvalue weighted by Crippen LogP contribution is -2.24. The molecule has 0 bridgehead atoms. The van der Waals surface area contributed by atoms with Crippen LogP contribution in [-0.2, 0) is 10.8 Å². The van der Waals surface area contributed by atoms with Crippen LogP contribution in [0.5, 0.6) is 0 Å². The molecule has 0 amide bonds. The Morgan fingerprint density at radius 3 is 2.88 bits per heavy atom. The minimum absolute atomic E-state index is 0.243. The van der Waals surface area contributed by atoms with Crippen LogP contribution in [0.25, 0.3) is 0 Å². The van der Waals surface area contributed by atoms with Gasteiger partial charge in [0.1, 0.15) is 0 Å². The van der Waals surface area contributed by atoms with Gasteiger partial charge in [-0.15, -0.1) is 0 Å². The molecule has 4 heteroatoms. The molecule has 16 heavy (non-hydrogen) atoms. The Hall–Kier alpha value is -0.380. The van der Waals surface area contributed by atoms with E-state index in [9.17, 15) is 4.21 Å². The minimum Gasteiger partial charge on any atom is -0.309 e.